The fourth-order valence-corrected chi connectivity index (χ4v) is 6.29. The van der Waals surface area contributed by atoms with Crippen LogP contribution in [-0.2, 0) is 13.3 Å². The van der Waals surface area contributed by atoms with E-state index < -0.39 is 8.80 Å². The van der Waals surface area contributed by atoms with Gasteiger partial charge in [0.1, 0.15) is 0 Å². The van der Waals surface area contributed by atoms with Crippen LogP contribution in [0.5, 0.6) is 0 Å². The Bertz CT molecular complexity index is 197. The molecule has 2 fully saturated rings. The molecular weight excluding hydrogens is 196 g/mol. The van der Waals surface area contributed by atoms with E-state index in [0.717, 1.165) is 11.8 Å². The second-order valence-electron chi connectivity index (χ2n) is 4.50. The van der Waals surface area contributed by atoms with Crippen molar-refractivity contribution < 1.29 is 13.3 Å². The fourth-order valence-electron chi connectivity index (χ4n) is 3.38. The van der Waals surface area contributed by atoms with Gasteiger partial charge >= 0.3 is 8.80 Å². The van der Waals surface area contributed by atoms with Crippen molar-refractivity contribution in [2.45, 2.75) is 31.2 Å². The van der Waals surface area contributed by atoms with E-state index in [1.807, 2.05) is 0 Å². The minimum absolute atomic E-state index is 0.557. The van der Waals surface area contributed by atoms with Gasteiger partial charge in [0.15, 0.2) is 0 Å². The van der Waals surface area contributed by atoms with Gasteiger partial charge in [0.25, 0.3) is 0 Å². The average Bonchev–Trinajstić information content (AvgIpc) is 2.83. The van der Waals surface area contributed by atoms with Crippen LogP contribution >= 0.6 is 0 Å². The zero-order chi connectivity index (χ0) is 10.2. The second-order valence-corrected chi connectivity index (χ2v) is 7.67. The zero-order valence-electron chi connectivity index (χ0n) is 9.29. The van der Waals surface area contributed by atoms with E-state index in [1.165, 1.54) is 25.7 Å². The van der Waals surface area contributed by atoms with Gasteiger partial charge in [-0.15, -0.1) is 0 Å². The molecule has 2 aliphatic rings. The van der Waals surface area contributed by atoms with Crippen molar-refractivity contribution in [2.75, 3.05) is 21.3 Å². The highest BCUT2D eigenvalue weighted by molar-refractivity contribution is 6.62. The first-order valence-electron chi connectivity index (χ1n) is 5.41. The van der Waals surface area contributed by atoms with Crippen molar-refractivity contribution >= 4 is 8.80 Å². The normalized spacial score (nSPS) is 36.6. The van der Waals surface area contributed by atoms with Crippen molar-refractivity contribution in [1.29, 1.82) is 0 Å². The number of hydrogen-bond acceptors (Lipinski definition) is 3. The molecule has 0 aromatic carbocycles. The molecule has 3 unspecified atom stereocenters. The van der Waals surface area contributed by atoms with Crippen LogP contribution in [0.25, 0.3) is 0 Å². The van der Waals surface area contributed by atoms with Crippen molar-refractivity contribution in [3.8, 4) is 0 Å². The van der Waals surface area contributed by atoms with Gasteiger partial charge in [-0.2, -0.15) is 0 Å². The van der Waals surface area contributed by atoms with Gasteiger partial charge < -0.3 is 13.3 Å². The Morgan fingerprint density at radius 2 is 1.57 bits per heavy atom. The molecule has 0 saturated heterocycles. The van der Waals surface area contributed by atoms with Crippen LogP contribution in [0.3, 0.4) is 0 Å². The molecule has 0 aliphatic heterocycles. The molecule has 14 heavy (non-hydrogen) atoms. The highest BCUT2D eigenvalue weighted by Gasteiger charge is 2.56. The zero-order valence-corrected chi connectivity index (χ0v) is 10.3. The van der Waals surface area contributed by atoms with Crippen LogP contribution in [0.2, 0.25) is 5.54 Å². The molecule has 0 heterocycles. The van der Waals surface area contributed by atoms with Crippen LogP contribution in [0.4, 0.5) is 0 Å². The van der Waals surface area contributed by atoms with E-state index in [-0.39, 0.29) is 0 Å². The topological polar surface area (TPSA) is 27.7 Å². The Kier molecular flexibility index (Phi) is 2.97. The van der Waals surface area contributed by atoms with Crippen LogP contribution in [0, 0.1) is 11.8 Å². The third kappa shape index (κ3) is 1.45. The summed E-state index contributed by atoms with van der Waals surface area (Å²) in [5, 5.41) is 0. The highest BCUT2D eigenvalue weighted by Crippen LogP contribution is 2.55. The molecule has 0 amide bonds. The standard InChI is InChI=1S/C10H20O3Si/c1-11-14(12-2,13-3)10-7-8-4-5-9(10)6-8/h8-10H,4-7H2,1-3H3. The third-order valence-electron chi connectivity index (χ3n) is 4.05. The lowest BCUT2D eigenvalue weighted by Gasteiger charge is -2.34. The molecule has 2 aliphatic carbocycles. The summed E-state index contributed by atoms with van der Waals surface area (Å²) in [4.78, 5) is 0. The highest BCUT2D eigenvalue weighted by atomic mass is 28.4. The van der Waals surface area contributed by atoms with E-state index >= 15 is 0 Å². The average molecular weight is 216 g/mol. The summed E-state index contributed by atoms with van der Waals surface area (Å²) in [5.74, 6) is 1.71. The van der Waals surface area contributed by atoms with E-state index in [4.69, 9.17) is 13.3 Å². The molecule has 2 bridgehead atoms. The summed E-state index contributed by atoms with van der Waals surface area (Å²) in [6.07, 6.45) is 5.38. The quantitative estimate of drug-likeness (QED) is 0.673. The van der Waals surface area contributed by atoms with Crippen LogP contribution in [0.15, 0.2) is 0 Å². The van der Waals surface area contributed by atoms with Crippen LogP contribution < -0.4 is 0 Å². The first-order valence-corrected chi connectivity index (χ1v) is 7.21. The van der Waals surface area contributed by atoms with Crippen molar-refractivity contribution in [3.05, 3.63) is 0 Å². The Labute approximate surface area is 87.1 Å². The molecule has 0 N–H and O–H groups in total. The van der Waals surface area contributed by atoms with E-state index in [0.29, 0.717) is 5.54 Å². The predicted octanol–water partition coefficient (Wildman–Crippen LogP) is 2.05. The summed E-state index contributed by atoms with van der Waals surface area (Å²) in [6, 6.07) is 0. The molecule has 0 spiro atoms. The lowest BCUT2D eigenvalue weighted by molar-refractivity contribution is 0.101. The number of rotatable bonds is 4. The third-order valence-corrected chi connectivity index (χ3v) is 7.37. The predicted molar refractivity (Wildman–Crippen MR) is 56.0 cm³/mol. The Morgan fingerprint density at radius 1 is 0.929 bits per heavy atom. The maximum absolute atomic E-state index is 5.57. The van der Waals surface area contributed by atoms with Gasteiger partial charge in [0.2, 0.25) is 0 Å². The van der Waals surface area contributed by atoms with Gasteiger partial charge in [0.05, 0.1) is 0 Å². The van der Waals surface area contributed by atoms with E-state index in [2.05, 4.69) is 0 Å². The SMILES string of the molecule is CO[Si](OC)(OC)C1CC2CCC1C2. The molecule has 4 heteroatoms. The molecule has 0 radical (unpaired) electrons. The van der Waals surface area contributed by atoms with Gasteiger partial charge in [-0.1, -0.05) is 6.42 Å². The van der Waals surface area contributed by atoms with Gasteiger partial charge in [-0.05, 0) is 31.1 Å². The minimum atomic E-state index is -2.34. The first kappa shape index (κ1) is 10.6. The molecule has 0 aromatic heterocycles. The Hall–Kier alpha value is 0.0969. The van der Waals surface area contributed by atoms with Crippen molar-refractivity contribution in [2.24, 2.45) is 11.8 Å². The summed E-state index contributed by atoms with van der Waals surface area (Å²) < 4.78 is 16.7. The monoisotopic (exact) mass is 216 g/mol. The summed E-state index contributed by atoms with van der Waals surface area (Å²) >= 11 is 0. The molecule has 3 nitrogen and oxygen atoms in total. The van der Waals surface area contributed by atoms with E-state index in [9.17, 15) is 0 Å². The summed E-state index contributed by atoms with van der Waals surface area (Å²) in [6.45, 7) is 0. The van der Waals surface area contributed by atoms with Crippen LogP contribution in [0.1, 0.15) is 25.7 Å². The lowest BCUT2D eigenvalue weighted by Crippen LogP contribution is -2.49. The number of hydrogen-bond donors (Lipinski definition) is 0. The van der Waals surface area contributed by atoms with Gasteiger partial charge in [-0.3, -0.25) is 0 Å². The molecule has 2 saturated carbocycles. The maximum atomic E-state index is 5.57. The van der Waals surface area contributed by atoms with E-state index in [1.54, 1.807) is 21.3 Å². The first-order chi connectivity index (χ1) is 6.75. The smallest absolute Gasteiger partial charge is 0.377 e. The summed E-state index contributed by atoms with van der Waals surface area (Å²) in [7, 11) is 2.84. The second kappa shape index (κ2) is 3.93. The number of fused-ring (bicyclic) bond motifs is 2. The Morgan fingerprint density at radius 3 is 1.93 bits per heavy atom. The molecule has 3 atom stereocenters. The van der Waals surface area contributed by atoms with Crippen molar-refractivity contribution in [1.82, 2.24) is 0 Å². The molecule has 2 rings (SSSR count). The summed E-state index contributed by atoms with van der Waals surface area (Å²) in [5.41, 5.74) is 0.557. The molecular formula is C10H20O3Si. The maximum Gasteiger partial charge on any atom is 0.503 e. The van der Waals surface area contributed by atoms with Crippen molar-refractivity contribution in [3.63, 3.8) is 0 Å². The molecule has 82 valence electrons. The van der Waals surface area contributed by atoms with Crippen LogP contribution in [-0.4, -0.2) is 30.1 Å². The van der Waals surface area contributed by atoms with Gasteiger partial charge in [0, 0.05) is 26.9 Å². The lowest BCUT2D eigenvalue weighted by atomic mass is 10.0. The fraction of sp³-hybridized carbons (Fsp3) is 1.00. The van der Waals surface area contributed by atoms with Gasteiger partial charge in [-0.25, -0.2) is 0 Å². The minimum Gasteiger partial charge on any atom is -0.377 e. The molecule has 0 aromatic rings. The largest absolute Gasteiger partial charge is 0.503 e. The Balaban J connectivity index is 2.12.